The minimum atomic E-state index is -1.52. The first-order valence-electron chi connectivity index (χ1n) is 15.9. The number of rotatable bonds is 9. The van der Waals surface area contributed by atoms with Crippen LogP contribution in [0.5, 0.6) is 11.5 Å². The summed E-state index contributed by atoms with van der Waals surface area (Å²) in [4.78, 5) is 45.9. The molecule has 1 saturated heterocycles. The van der Waals surface area contributed by atoms with Gasteiger partial charge < -0.3 is 35.3 Å². The molecule has 3 fully saturated rings. The van der Waals surface area contributed by atoms with Crippen molar-refractivity contribution < 1.29 is 34.4 Å². The van der Waals surface area contributed by atoms with Crippen molar-refractivity contribution in [3.8, 4) is 11.5 Å². The molecule has 1 aromatic heterocycles. The highest BCUT2D eigenvalue weighted by molar-refractivity contribution is 5.93. The number of hydrogen-bond acceptors (Lipinski definition) is 7. The zero-order valence-electron chi connectivity index (χ0n) is 26.1. The summed E-state index contributed by atoms with van der Waals surface area (Å²) in [6, 6.07) is 9.93. The zero-order valence-corrected chi connectivity index (χ0v) is 26.1. The van der Waals surface area contributed by atoms with Crippen LogP contribution in [0.25, 0.3) is 10.9 Å². The molecule has 0 radical (unpaired) electrons. The van der Waals surface area contributed by atoms with Crippen LogP contribution in [0.4, 0.5) is 0 Å². The van der Waals surface area contributed by atoms with Crippen molar-refractivity contribution in [1.82, 2.24) is 15.2 Å². The number of aromatic hydroxyl groups is 2. The molecule has 2 aromatic carbocycles. The lowest BCUT2D eigenvalue weighted by Gasteiger charge is -2.39. The number of amides is 2. The molecule has 5 N–H and O–H groups in total. The highest BCUT2D eigenvalue weighted by Crippen LogP contribution is 2.66. The van der Waals surface area contributed by atoms with Gasteiger partial charge in [-0.1, -0.05) is 45.0 Å². The first-order chi connectivity index (χ1) is 21.4. The molecule has 2 amide bonds. The first-order valence-corrected chi connectivity index (χ1v) is 15.9. The highest BCUT2D eigenvalue weighted by Gasteiger charge is 2.63. The molecule has 45 heavy (non-hydrogen) atoms. The van der Waals surface area contributed by atoms with E-state index in [2.05, 4.69) is 31.1 Å². The number of esters is 1. The second kappa shape index (κ2) is 11.7. The van der Waals surface area contributed by atoms with Gasteiger partial charge in [-0.25, -0.2) is 4.79 Å². The number of nitrogens with one attached hydrogen (secondary N) is 2. The summed E-state index contributed by atoms with van der Waals surface area (Å²) in [6.07, 6.45) is 4.23. The number of nitrogens with zero attached hydrogens (tertiary/aromatic N) is 1. The van der Waals surface area contributed by atoms with E-state index in [0.29, 0.717) is 30.9 Å². The number of aliphatic hydroxyl groups excluding tert-OH is 1. The van der Waals surface area contributed by atoms with Crippen molar-refractivity contribution in [1.29, 1.82) is 0 Å². The minimum absolute atomic E-state index is 0.0809. The minimum Gasteiger partial charge on any atom is -0.504 e. The molecule has 3 aliphatic rings. The number of H-pyrrole nitrogens is 1. The summed E-state index contributed by atoms with van der Waals surface area (Å²) in [5.41, 5.74) is 2.13. The maximum absolute atomic E-state index is 14.2. The molecule has 1 aliphatic heterocycles. The van der Waals surface area contributed by atoms with Crippen LogP contribution >= 0.6 is 0 Å². The quantitative estimate of drug-likeness (QED) is 0.180. The van der Waals surface area contributed by atoms with Crippen LogP contribution < -0.4 is 5.32 Å². The van der Waals surface area contributed by atoms with Crippen molar-refractivity contribution in [2.45, 2.75) is 90.0 Å². The first kappa shape index (κ1) is 31.0. The molecule has 10 heteroatoms. The molecule has 0 spiro atoms. The van der Waals surface area contributed by atoms with Crippen LogP contribution in [0.2, 0.25) is 0 Å². The van der Waals surface area contributed by atoms with E-state index in [-0.39, 0.29) is 47.2 Å². The SMILES string of the molecule is CC1(C)C2CCC1(C)C(OC(=O)C1CCCN1C(=O)C(Cc1c[nH]c3ccccc13)NC(=O)C(O)Cc1ccc(O)c(O)c1)C2. The number of hydrogen-bond donors (Lipinski definition) is 5. The van der Waals surface area contributed by atoms with Gasteiger partial charge in [0.1, 0.15) is 24.3 Å². The third-order valence-electron chi connectivity index (χ3n) is 11.3. The Bertz CT molecular complexity index is 1620. The summed E-state index contributed by atoms with van der Waals surface area (Å²) in [6.45, 7) is 7.11. The van der Waals surface area contributed by atoms with Crippen molar-refractivity contribution >= 4 is 28.7 Å². The second-order valence-electron chi connectivity index (χ2n) is 13.9. The van der Waals surface area contributed by atoms with Gasteiger partial charge in [-0.3, -0.25) is 9.59 Å². The van der Waals surface area contributed by atoms with Gasteiger partial charge in [0.05, 0.1) is 0 Å². The number of carbonyl (C=O) groups is 3. The molecule has 10 nitrogen and oxygen atoms in total. The molecule has 2 aliphatic carbocycles. The largest absolute Gasteiger partial charge is 0.504 e. The number of phenolic OH excluding ortho intramolecular Hbond substituents is 2. The number of aromatic nitrogens is 1. The van der Waals surface area contributed by atoms with E-state index in [1.165, 1.54) is 23.1 Å². The number of aliphatic hydroxyl groups is 1. The molecule has 6 atom stereocenters. The van der Waals surface area contributed by atoms with Gasteiger partial charge in [0.15, 0.2) is 11.5 Å². The lowest BCUT2D eigenvalue weighted by atomic mass is 9.70. The molecule has 2 saturated carbocycles. The Morgan fingerprint density at radius 1 is 1.07 bits per heavy atom. The Morgan fingerprint density at radius 3 is 2.56 bits per heavy atom. The Kier molecular flexibility index (Phi) is 8.05. The summed E-state index contributed by atoms with van der Waals surface area (Å²) in [5, 5.41) is 33.9. The molecule has 240 valence electrons. The van der Waals surface area contributed by atoms with Crippen LogP contribution in [0, 0.1) is 16.7 Å². The summed E-state index contributed by atoms with van der Waals surface area (Å²) >= 11 is 0. The van der Waals surface area contributed by atoms with Crippen LogP contribution in [-0.4, -0.2) is 73.8 Å². The summed E-state index contributed by atoms with van der Waals surface area (Å²) < 4.78 is 6.19. The van der Waals surface area contributed by atoms with Crippen molar-refractivity contribution in [2.75, 3.05) is 6.54 Å². The number of phenols is 2. The molecular weight excluding hydrogens is 574 g/mol. The van der Waals surface area contributed by atoms with Crippen molar-refractivity contribution in [2.24, 2.45) is 16.7 Å². The predicted octanol–water partition coefficient (Wildman–Crippen LogP) is 3.96. The van der Waals surface area contributed by atoms with Gasteiger partial charge in [-0.15, -0.1) is 0 Å². The third kappa shape index (κ3) is 5.54. The topological polar surface area (TPSA) is 152 Å². The van der Waals surface area contributed by atoms with E-state index >= 15 is 0 Å². The smallest absolute Gasteiger partial charge is 0.329 e. The second-order valence-corrected chi connectivity index (χ2v) is 13.9. The normalized spacial score (nSPS) is 26.6. The number of para-hydroxylation sites is 1. The molecule has 2 heterocycles. The number of benzene rings is 2. The van der Waals surface area contributed by atoms with E-state index in [9.17, 15) is 29.7 Å². The maximum Gasteiger partial charge on any atom is 0.329 e. The van der Waals surface area contributed by atoms with Gasteiger partial charge in [-0.2, -0.15) is 0 Å². The monoisotopic (exact) mass is 617 g/mol. The van der Waals surface area contributed by atoms with Crippen molar-refractivity contribution in [3.05, 3.63) is 59.8 Å². The number of likely N-dealkylation sites (tertiary alicyclic amines) is 1. The van der Waals surface area contributed by atoms with Crippen LogP contribution in [0.3, 0.4) is 0 Å². The fourth-order valence-electron chi connectivity index (χ4n) is 8.00. The van der Waals surface area contributed by atoms with E-state index in [4.69, 9.17) is 4.74 Å². The van der Waals surface area contributed by atoms with E-state index < -0.39 is 30.0 Å². The average molecular weight is 618 g/mol. The number of fused-ring (bicyclic) bond motifs is 3. The summed E-state index contributed by atoms with van der Waals surface area (Å²) in [7, 11) is 0. The third-order valence-corrected chi connectivity index (χ3v) is 11.3. The standard InChI is InChI=1S/C35H43N3O7/c1-34(2)22-12-13-35(34,3)30(18-22)45-33(44)26-9-6-14-38(26)32(43)25(17-21-19-36-24-8-5-4-7-23(21)24)37-31(42)29(41)16-20-10-11-27(39)28(40)15-20/h4-5,7-8,10-11,15,19,22,25-26,29-30,36,39-41H,6,9,12-14,16-18H2,1-3H3,(H,37,42). The summed E-state index contributed by atoms with van der Waals surface area (Å²) in [5.74, 6) is -1.70. The highest BCUT2D eigenvalue weighted by atomic mass is 16.5. The lowest BCUT2D eigenvalue weighted by molar-refractivity contribution is -0.165. The van der Waals surface area contributed by atoms with E-state index in [1.54, 1.807) is 6.20 Å². The Labute approximate surface area is 262 Å². The van der Waals surface area contributed by atoms with Gasteiger partial charge >= 0.3 is 5.97 Å². The number of aromatic amines is 1. The fourth-order valence-corrected chi connectivity index (χ4v) is 8.00. The van der Waals surface area contributed by atoms with Gasteiger partial charge in [0.25, 0.3) is 0 Å². The van der Waals surface area contributed by atoms with Crippen LogP contribution in [-0.2, 0) is 32.0 Å². The van der Waals surface area contributed by atoms with Crippen molar-refractivity contribution in [3.63, 3.8) is 0 Å². The van der Waals surface area contributed by atoms with Gasteiger partial charge in [-0.05, 0) is 72.8 Å². The lowest BCUT2D eigenvalue weighted by Crippen LogP contribution is -2.55. The van der Waals surface area contributed by atoms with Crippen LogP contribution in [0.15, 0.2) is 48.7 Å². The van der Waals surface area contributed by atoms with Gasteiger partial charge in [0.2, 0.25) is 11.8 Å². The van der Waals surface area contributed by atoms with E-state index in [1.807, 2.05) is 24.3 Å². The molecule has 3 aromatic rings. The number of ether oxygens (including phenoxy) is 1. The molecule has 6 rings (SSSR count). The fraction of sp³-hybridized carbons (Fsp3) is 0.514. The Balaban J connectivity index is 1.20. The number of carbonyl (C=O) groups excluding carboxylic acids is 3. The Hall–Kier alpha value is -4.05. The zero-order chi connectivity index (χ0) is 32.1. The van der Waals surface area contributed by atoms with Crippen LogP contribution in [0.1, 0.15) is 64.0 Å². The predicted molar refractivity (Wildman–Crippen MR) is 167 cm³/mol. The molecule has 2 bridgehead atoms. The Morgan fingerprint density at radius 2 is 1.84 bits per heavy atom. The van der Waals surface area contributed by atoms with Gasteiger partial charge in [0, 0.05) is 41.9 Å². The van der Waals surface area contributed by atoms with E-state index in [0.717, 1.165) is 35.7 Å². The molecule has 6 unspecified atom stereocenters. The maximum atomic E-state index is 14.2. The molecular formula is C35H43N3O7. The average Bonchev–Trinajstić information content (AvgIpc) is 3.75.